The van der Waals surface area contributed by atoms with Gasteiger partial charge in [0.05, 0.1) is 12.6 Å². The lowest BCUT2D eigenvalue weighted by molar-refractivity contribution is 0.157. The van der Waals surface area contributed by atoms with E-state index < -0.39 is 0 Å². The second-order valence-corrected chi connectivity index (χ2v) is 6.09. The molecule has 2 aliphatic rings. The Labute approximate surface area is 126 Å². The number of carbonyl (C=O) groups is 1. The number of amides is 2. The lowest BCUT2D eigenvalue weighted by Crippen LogP contribution is -2.45. The van der Waals surface area contributed by atoms with E-state index in [0.717, 1.165) is 30.6 Å². The monoisotopic (exact) mass is 288 g/mol. The molecule has 1 saturated carbocycles. The summed E-state index contributed by atoms with van der Waals surface area (Å²) in [6.07, 6.45) is 6.85. The van der Waals surface area contributed by atoms with Crippen molar-refractivity contribution in [3.63, 3.8) is 0 Å². The predicted molar refractivity (Wildman–Crippen MR) is 82.5 cm³/mol. The van der Waals surface area contributed by atoms with E-state index >= 15 is 0 Å². The maximum Gasteiger partial charge on any atom is 0.317 e. The van der Waals surface area contributed by atoms with Crippen LogP contribution in [0.25, 0.3) is 0 Å². The summed E-state index contributed by atoms with van der Waals surface area (Å²) < 4.78 is 5.68. The van der Waals surface area contributed by atoms with Gasteiger partial charge in [-0.15, -0.1) is 0 Å². The molecule has 4 nitrogen and oxygen atoms in total. The zero-order valence-corrected chi connectivity index (χ0v) is 12.7. The van der Waals surface area contributed by atoms with Crippen molar-refractivity contribution in [3.8, 4) is 5.75 Å². The summed E-state index contributed by atoms with van der Waals surface area (Å²) in [5, 5.41) is 3.19. The Morgan fingerprint density at radius 2 is 1.95 bits per heavy atom. The van der Waals surface area contributed by atoms with E-state index in [0.29, 0.717) is 12.6 Å². The van der Waals surface area contributed by atoms with Gasteiger partial charge in [-0.1, -0.05) is 37.5 Å². The van der Waals surface area contributed by atoms with Crippen LogP contribution in [0.2, 0.25) is 0 Å². The van der Waals surface area contributed by atoms with Gasteiger partial charge in [-0.25, -0.2) is 4.79 Å². The number of para-hydroxylation sites is 1. The third kappa shape index (κ3) is 3.14. The largest absolute Gasteiger partial charge is 0.493 e. The molecular formula is C17H24N2O2. The molecule has 4 heteroatoms. The molecule has 0 aromatic heterocycles. The van der Waals surface area contributed by atoms with Crippen molar-refractivity contribution in [2.24, 2.45) is 0 Å². The van der Waals surface area contributed by atoms with Crippen LogP contribution in [-0.2, 0) is 0 Å². The first-order chi connectivity index (χ1) is 10.3. The molecule has 2 amide bonds. The summed E-state index contributed by atoms with van der Waals surface area (Å²) in [6.45, 7) is 0.669. The minimum absolute atomic E-state index is 0.0450. The van der Waals surface area contributed by atoms with Crippen molar-refractivity contribution in [2.75, 3.05) is 13.7 Å². The van der Waals surface area contributed by atoms with Crippen LogP contribution < -0.4 is 10.1 Å². The summed E-state index contributed by atoms with van der Waals surface area (Å²) in [7, 11) is 1.89. The summed E-state index contributed by atoms with van der Waals surface area (Å²) in [5.74, 6) is 0.908. The fraction of sp³-hybridized carbons (Fsp3) is 0.588. The van der Waals surface area contributed by atoms with Crippen molar-refractivity contribution in [2.45, 2.75) is 50.6 Å². The number of rotatable bonds is 2. The maximum atomic E-state index is 12.5. The van der Waals surface area contributed by atoms with Gasteiger partial charge < -0.3 is 15.0 Å². The second-order valence-electron chi connectivity index (χ2n) is 6.09. The summed E-state index contributed by atoms with van der Waals surface area (Å²) in [5.41, 5.74) is 1.12. The average Bonchev–Trinajstić information content (AvgIpc) is 2.54. The predicted octanol–water partition coefficient (Wildman–Crippen LogP) is 3.48. The highest BCUT2D eigenvalue weighted by Crippen LogP contribution is 2.35. The Balaban J connectivity index is 1.67. The van der Waals surface area contributed by atoms with Crippen molar-refractivity contribution in [1.82, 2.24) is 10.2 Å². The highest BCUT2D eigenvalue weighted by molar-refractivity contribution is 5.75. The van der Waals surface area contributed by atoms with Crippen LogP contribution in [0.3, 0.4) is 0 Å². The van der Waals surface area contributed by atoms with Crippen LogP contribution in [0.5, 0.6) is 5.75 Å². The molecule has 1 heterocycles. The smallest absolute Gasteiger partial charge is 0.317 e. The van der Waals surface area contributed by atoms with E-state index in [2.05, 4.69) is 11.4 Å². The first kappa shape index (κ1) is 14.2. The van der Waals surface area contributed by atoms with Crippen molar-refractivity contribution < 1.29 is 9.53 Å². The first-order valence-electron chi connectivity index (χ1n) is 8.01. The highest BCUT2D eigenvalue weighted by Gasteiger charge is 2.28. The SMILES string of the molecule is CN(C(=O)NC1CCCCC1)C1CCOc2ccccc21. The molecule has 1 aromatic rings. The Morgan fingerprint density at radius 3 is 2.76 bits per heavy atom. The van der Waals surface area contributed by atoms with Crippen LogP contribution in [0.1, 0.15) is 50.1 Å². The van der Waals surface area contributed by atoms with Gasteiger partial charge in [-0.2, -0.15) is 0 Å². The number of nitrogens with zero attached hydrogens (tertiary/aromatic N) is 1. The van der Waals surface area contributed by atoms with E-state index in [1.807, 2.05) is 30.1 Å². The van der Waals surface area contributed by atoms with Gasteiger partial charge in [0.2, 0.25) is 0 Å². The third-order valence-electron chi connectivity index (χ3n) is 4.65. The molecule has 1 aromatic carbocycles. The topological polar surface area (TPSA) is 41.6 Å². The first-order valence-corrected chi connectivity index (χ1v) is 8.01. The molecule has 1 aliphatic heterocycles. The fourth-order valence-corrected chi connectivity index (χ4v) is 3.39. The number of benzene rings is 1. The molecule has 1 N–H and O–H groups in total. The van der Waals surface area contributed by atoms with Gasteiger partial charge in [-0.05, 0) is 18.9 Å². The number of ether oxygens (including phenoxy) is 1. The molecule has 1 atom stereocenters. The summed E-state index contributed by atoms with van der Waals surface area (Å²) >= 11 is 0. The normalized spacial score (nSPS) is 22.0. The average molecular weight is 288 g/mol. The maximum absolute atomic E-state index is 12.5. The Morgan fingerprint density at radius 1 is 1.19 bits per heavy atom. The van der Waals surface area contributed by atoms with E-state index in [-0.39, 0.29) is 12.1 Å². The number of urea groups is 1. The van der Waals surface area contributed by atoms with Crippen LogP contribution >= 0.6 is 0 Å². The van der Waals surface area contributed by atoms with Crippen LogP contribution in [-0.4, -0.2) is 30.6 Å². The molecule has 0 saturated heterocycles. The fourth-order valence-electron chi connectivity index (χ4n) is 3.39. The zero-order chi connectivity index (χ0) is 14.7. The molecular weight excluding hydrogens is 264 g/mol. The number of carbonyl (C=O) groups excluding carboxylic acids is 1. The van der Waals surface area contributed by atoms with Crippen molar-refractivity contribution in [1.29, 1.82) is 0 Å². The van der Waals surface area contributed by atoms with Gasteiger partial charge in [0, 0.05) is 25.1 Å². The van der Waals surface area contributed by atoms with E-state index in [4.69, 9.17) is 4.74 Å². The Bertz CT molecular complexity index is 497. The van der Waals surface area contributed by atoms with Crippen molar-refractivity contribution in [3.05, 3.63) is 29.8 Å². The molecule has 3 rings (SSSR count). The standard InChI is InChI=1S/C17H24N2O2/c1-19(17(20)18-13-7-3-2-4-8-13)15-11-12-21-16-10-6-5-9-14(15)16/h5-6,9-10,13,15H,2-4,7-8,11-12H2,1H3,(H,18,20). The number of fused-ring (bicyclic) bond motifs is 1. The molecule has 21 heavy (non-hydrogen) atoms. The van der Waals surface area contributed by atoms with Crippen LogP contribution in [0.15, 0.2) is 24.3 Å². The van der Waals surface area contributed by atoms with Gasteiger partial charge in [-0.3, -0.25) is 0 Å². The lowest BCUT2D eigenvalue weighted by atomic mass is 9.95. The second kappa shape index (κ2) is 6.37. The lowest BCUT2D eigenvalue weighted by Gasteiger charge is -2.34. The molecule has 0 radical (unpaired) electrons. The Hall–Kier alpha value is -1.71. The van der Waals surface area contributed by atoms with Gasteiger partial charge in [0.15, 0.2) is 0 Å². The Kier molecular flexibility index (Phi) is 4.32. The van der Waals surface area contributed by atoms with E-state index in [1.54, 1.807) is 0 Å². The quantitative estimate of drug-likeness (QED) is 0.905. The van der Waals surface area contributed by atoms with Crippen molar-refractivity contribution >= 4 is 6.03 Å². The molecule has 1 aliphatic carbocycles. The summed E-state index contributed by atoms with van der Waals surface area (Å²) in [4.78, 5) is 14.3. The van der Waals surface area contributed by atoms with Crippen LogP contribution in [0, 0.1) is 0 Å². The summed E-state index contributed by atoms with van der Waals surface area (Å²) in [6, 6.07) is 8.53. The molecule has 114 valence electrons. The van der Waals surface area contributed by atoms with E-state index in [1.165, 1.54) is 19.3 Å². The highest BCUT2D eigenvalue weighted by atomic mass is 16.5. The van der Waals surface area contributed by atoms with E-state index in [9.17, 15) is 4.79 Å². The van der Waals surface area contributed by atoms with Gasteiger partial charge in [0.25, 0.3) is 0 Å². The zero-order valence-electron chi connectivity index (χ0n) is 12.7. The number of hydrogen-bond acceptors (Lipinski definition) is 2. The molecule has 1 fully saturated rings. The third-order valence-corrected chi connectivity index (χ3v) is 4.65. The van der Waals surface area contributed by atoms with Gasteiger partial charge in [0.1, 0.15) is 5.75 Å². The minimum atomic E-state index is 0.0450. The van der Waals surface area contributed by atoms with Gasteiger partial charge >= 0.3 is 6.03 Å². The van der Waals surface area contributed by atoms with Crippen LogP contribution in [0.4, 0.5) is 4.79 Å². The number of hydrogen-bond donors (Lipinski definition) is 1. The minimum Gasteiger partial charge on any atom is -0.493 e. The molecule has 1 unspecified atom stereocenters. The molecule has 0 bridgehead atoms. The number of nitrogens with one attached hydrogen (secondary N) is 1. The molecule has 0 spiro atoms.